The zero-order chi connectivity index (χ0) is 23.2. The molecular weight excluding hydrogens is 434 g/mol. The van der Waals surface area contributed by atoms with E-state index in [2.05, 4.69) is 14.8 Å². The number of ether oxygens (including phenoxy) is 2. The normalized spacial score (nSPS) is 17.3. The van der Waals surface area contributed by atoms with Crippen molar-refractivity contribution in [1.29, 1.82) is 0 Å². The van der Waals surface area contributed by atoms with Gasteiger partial charge < -0.3 is 19.7 Å². The number of nitrogens with zero attached hydrogens (tertiary/aromatic N) is 1. The van der Waals surface area contributed by atoms with Crippen LogP contribution in [0.5, 0.6) is 11.5 Å². The minimum Gasteiger partial charge on any atom is -0.484 e. The molecule has 0 aromatic heterocycles. The third-order valence-electron chi connectivity index (χ3n) is 4.52. The SMILES string of the molecule is CC(=O)N1CCCCC1CNC(=O)c1cc(OCC(F)(F)F)ccc1OCC(F)(F)F. The average molecular weight is 456 g/mol. The first-order chi connectivity index (χ1) is 14.4. The predicted molar refractivity (Wildman–Crippen MR) is 96.9 cm³/mol. The zero-order valence-electron chi connectivity index (χ0n) is 16.6. The quantitative estimate of drug-likeness (QED) is 0.636. The van der Waals surface area contributed by atoms with Crippen LogP contribution in [0.2, 0.25) is 0 Å². The Hall–Kier alpha value is -2.66. The number of carbonyl (C=O) groups is 2. The Labute approximate surface area is 174 Å². The van der Waals surface area contributed by atoms with E-state index in [-0.39, 0.29) is 24.2 Å². The second-order valence-corrected chi connectivity index (χ2v) is 7.04. The topological polar surface area (TPSA) is 67.9 Å². The average Bonchev–Trinajstić information content (AvgIpc) is 2.68. The van der Waals surface area contributed by atoms with Crippen LogP contribution in [0.15, 0.2) is 18.2 Å². The zero-order valence-corrected chi connectivity index (χ0v) is 16.6. The summed E-state index contributed by atoms with van der Waals surface area (Å²) in [6.07, 6.45) is -7.02. The molecule has 1 aliphatic heterocycles. The molecular formula is C19H22F6N2O4. The van der Waals surface area contributed by atoms with Gasteiger partial charge in [-0.1, -0.05) is 0 Å². The summed E-state index contributed by atoms with van der Waals surface area (Å²) in [5.41, 5.74) is -0.408. The molecule has 1 aliphatic rings. The summed E-state index contributed by atoms with van der Waals surface area (Å²) in [5.74, 6) is -1.84. The molecule has 0 radical (unpaired) electrons. The maximum absolute atomic E-state index is 12.6. The highest BCUT2D eigenvalue weighted by molar-refractivity contribution is 5.97. The fourth-order valence-electron chi connectivity index (χ4n) is 3.16. The van der Waals surface area contributed by atoms with Crippen molar-refractivity contribution in [2.75, 3.05) is 26.3 Å². The number of amides is 2. The van der Waals surface area contributed by atoms with Crippen molar-refractivity contribution in [2.24, 2.45) is 0 Å². The number of hydrogen-bond donors (Lipinski definition) is 1. The molecule has 0 saturated carbocycles. The molecule has 1 saturated heterocycles. The third kappa shape index (κ3) is 8.18. The molecule has 1 fully saturated rings. The van der Waals surface area contributed by atoms with Crippen molar-refractivity contribution in [3.63, 3.8) is 0 Å². The van der Waals surface area contributed by atoms with Gasteiger partial charge >= 0.3 is 12.4 Å². The van der Waals surface area contributed by atoms with Crippen LogP contribution in [-0.2, 0) is 4.79 Å². The molecule has 6 nitrogen and oxygen atoms in total. The smallest absolute Gasteiger partial charge is 0.422 e. The van der Waals surface area contributed by atoms with Crippen molar-refractivity contribution in [2.45, 2.75) is 44.6 Å². The molecule has 12 heteroatoms. The van der Waals surface area contributed by atoms with E-state index in [1.165, 1.54) is 6.92 Å². The second-order valence-electron chi connectivity index (χ2n) is 7.04. The summed E-state index contributed by atoms with van der Waals surface area (Å²) in [4.78, 5) is 25.9. The summed E-state index contributed by atoms with van der Waals surface area (Å²) in [6, 6.07) is 2.51. The summed E-state index contributed by atoms with van der Waals surface area (Å²) in [6.45, 7) is -1.37. The van der Waals surface area contributed by atoms with Crippen LogP contribution in [0.4, 0.5) is 26.3 Å². The maximum atomic E-state index is 12.6. The van der Waals surface area contributed by atoms with Crippen molar-refractivity contribution in [3.8, 4) is 11.5 Å². The van der Waals surface area contributed by atoms with Gasteiger partial charge in [0.15, 0.2) is 13.2 Å². The third-order valence-corrected chi connectivity index (χ3v) is 4.52. The van der Waals surface area contributed by atoms with Crippen LogP contribution in [0.1, 0.15) is 36.5 Å². The first kappa shape index (κ1) is 24.6. The van der Waals surface area contributed by atoms with E-state index in [1.807, 2.05) is 0 Å². The highest BCUT2D eigenvalue weighted by atomic mass is 19.4. The van der Waals surface area contributed by atoms with E-state index in [0.717, 1.165) is 31.0 Å². The molecule has 174 valence electrons. The van der Waals surface area contributed by atoms with Crippen molar-refractivity contribution in [1.82, 2.24) is 10.2 Å². The maximum Gasteiger partial charge on any atom is 0.422 e. The van der Waals surface area contributed by atoms with Crippen LogP contribution < -0.4 is 14.8 Å². The lowest BCUT2D eigenvalue weighted by Crippen LogP contribution is -2.48. The molecule has 0 spiro atoms. The molecule has 1 aromatic carbocycles. The second kappa shape index (κ2) is 10.1. The van der Waals surface area contributed by atoms with Crippen molar-refractivity contribution < 1.29 is 45.4 Å². The lowest BCUT2D eigenvalue weighted by Gasteiger charge is -2.35. The standard InChI is InChI=1S/C19H22F6N2O4/c1-12(28)27-7-3-2-4-13(27)9-26-17(29)15-8-14(30-10-18(20,21)22)5-6-16(15)31-11-19(23,24)25/h5-6,8,13H,2-4,7,9-11H2,1H3,(H,26,29). The molecule has 1 atom stereocenters. The number of nitrogens with one attached hydrogen (secondary N) is 1. The van der Waals surface area contributed by atoms with Gasteiger partial charge in [-0.15, -0.1) is 0 Å². The van der Waals surface area contributed by atoms with E-state index < -0.39 is 42.8 Å². The molecule has 2 rings (SSSR count). The van der Waals surface area contributed by atoms with Crippen molar-refractivity contribution in [3.05, 3.63) is 23.8 Å². The van der Waals surface area contributed by atoms with E-state index in [9.17, 15) is 35.9 Å². The number of likely N-dealkylation sites (tertiary alicyclic amines) is 1. The Bertz CT molecular complexity index is 782. The van der Waals surface area contributed by atoms with Gasteiger partial charge in [0, 0.05) is 26.1 Å². The molecule has 0 aliphatic carbocycles. The van der Waals surface area contributed by atoms with Gasteiger partial charge in [-0.3, -0.25) is 9.59 Å². The molecule has 2 amide bonds. The Morgan fingerprint density at radius 1 is 1.06 bits per heavy atom. The number of rotatable bonds is 7. The number of piperidine rings is 1. The number of benzene rings is 1. The summed E-state index contributed by atoms with van der Waals surface area (Å²) < 4.78 is 83.8. The predicted octanol–water partition coefficient (Wildman–Crippen LogP) is 3.70. The van der Waals surface area contributed by atoms with Crippen LogP contribution >= 0.6 is 0 Å². The number of alkyl halides is 6. The largest absolute Gasteiger partial charge is 0.484 e. The van der Waals surface area contributed by atoms with Crippen LogP contribution in [-0.4, -0.2) is 61.4 Å². The fourth-order valence-corrected chi connectivity index (χ4v) is 3.16. The van der Waals surface area contributed by atoms with Gasteiger partial charge in [-0.2, -0.15) is 26.3 Å². The minimum atomic E-state index is -4.68. The monoisotopic (exact) mass is 456 g/mol. The van der Waals surface area contributed by atoms with Gasteiger partial charge in [0.1, 0.15) is 11.5 Å². The van der Waals surface area contributed by atoms with Gasteiger partial charge in [-0.25, -0.2) is 0 Å². The van der Waals surface area contributed by atoms with E-state index in [4.69, 9.17) is 0 Å². The van der Waals surface area contributed by atoms with Crippen LogP contribution in [0, 0.1) is 0 Å². The van der Waals surface area contributed by atoms with Gasteiger partial charge in [-0.05, 0) is 37.5 Å². The van der Waals surface area contributed by atoms with E-state index >= 15 is 0 Å². The highest BCUT2D eigenvalue weighted by Gasteiger charge is 2.31. The van der Waals surface area contributed by atoms with E-state index in [1.54, 1.807) is 4.90 Å². The minimum absolute atomic E-state index is 0.0325. The molecule has 1 heterocycles. The Balaban J connectivity index is 2.16. The highest BCUT2D eigenvalue weighted by Crippen LogP contribution is 2.28. The molecule has 31 heavy (non-hydrogen) atoms. The number of carbonyl (C=O) groups excluding carboxylic acids is 2. The lowest BCUT2D eigenvalue weighted by atomic mass is 10.0. The Kier molecular flexibility index (Phi) is 8.02. The molecule has 1 unspecified atom stereocenters. The fraction of sp³-hybridized carbons (Fsp3) is 0.579. The Morgan fingerprint density at radius 3 is 2.32 bits per heavy atom. The molecule has 0 bridgehead atoms. The van der Waals surface area contributed by atoms with Crippen LogP contribution in [0.3, 0.4) is 0 Å². The molecule has 1 N–H and O–H groups in total. The first-order valence-corrected chi connectivity index (χ1v) is 9.44. The van der Waals surface area contributed by atoms with E-state index in [0.29, 0.717) is 13.0 Å². The summed E-state index contributed by atoms with van der Waals surface area (Å²) in [7, 11) is 0. The van der Waals surface area contributed by atoms with Crippen molar-refractivity contribution >= 4 is 11.8 Å². The number of hydrogen-bond acceptors (Lipinski definition) is 4. The summed E-state index contributed by atoms with van der Waals surface area (Å²) in [5, 5.41) is 2.52. The lowest BCUT2D eigenvalue weighted by molar-refractivity contribution is -0.154. The molecule has 1 aromatic rings. The first-order valence-electron chi connectivity index (χ1n) is 9.44. The Morgan fingerprint density at radius 2 is 1.71 bits per heavy atom. The van der Waals surface area contributed by atoms with Gasteiger partial charge in [0.2, 0.25) is 5.91 Å². The van der Waals surface area contributed by atoms with Gasteiger partial charge in [0.05, 0.1) is 5.56 Å². The summed E-state index contributed by atoms with van der Waals surface area (Å²) >= 11 is 0. The number of halogens is 6. The van der Waals surface area contributed by atoms with Crippen LogP contribution in [0.25, 0.3) is 0 Å². The van der Waals surface area contributed by atoms with Gasteiger partial charge in [0.25, 0.3) is 5.91 Å².